The normalized spacial score (nSPS) is 17.8. The minimum absolute atomic E-state index is 0.0994. The number of nitrogens with zero attached hydrogens (tertiary/aromatic N) is 2. The summed E-state index contributed by atoms with van der Waals surface area (Å²) in [5.41, 5.74) is 0. The van der Waals surface area contributed by atoms with Crippen molar-refractivity contribution in [3.63, 3.8) is 0 Å². The zero-order chi connectivity index (χ0) is 14.8. The Balaban J connectivity index is 2.59. The maximum absolute atomic E-state index is 12.4. The average molecular weight is 290 g/mol. The van der Waals surface area contributed by atoms with Crippen LogP contribution >= 0.6 is 0 Å². The molecule has 0 aromatic rings. The smallest absolute Gasteiger partial charge is 0.228 e. The van der Waals surface area contributed by atoms with E-state index in [1.165, 1.54) is 10.6 Å². The quantitative estimate of drug-likeness (QED) is 0.734. The third-order valence-corrected chi connectivity index (χ3v) is 4.39. The van der Waals surface area contributed by atoms with Gasteiger partial charge in [0.05, 0.1) is 12.2 Å². The van der Waals surface area contributed by atoms with Crippen molar-refractivity contribution in [2.45, 2.75) is 27.7 Å². The van der Waals surface area contributed by atoms with Gasteiger partial charge in [0.1, 0.15) is 0 Å². The van der Waals surface area contributed by atoms with Gasteiger partial charge in [0.2, 0.25) is 15.9 Å². The molecule has 1 fully saturated rings. The zero-order valence-corrected chi connectivity index (χ0v) is 13.4. The molecule has 1 aliphatic heterocycles. The zero-order valence-electron chi connectivity index (χ0n) is 12.6. The van der Waals surface area contributed by atoms with Gasteiger partial charge in [-0.3, -0.25) is 4.79 Å². The summed E-state index contributed by atoms with van der Waals surface area (Å²) in [5, 5.41) is 0. The second kappa shape index (κ2) is 6.22. The predicted molar refractivity (Wildman–Crippen MR) is 76.2 cm³/mol. The van der Waals surface area contributed by atoms with E-state index in [1.807, 2.05) is 4.90 Å². The first kappa shape index (κ1) is 16.4. The Kier molecular flexibility index (Phi) is 5.38. The summed E-state index contributed by atoms with van der Waals surface area (Å²) in [5.74, 6) is 0.789. The van der Waals surface area contributed by atoms with E-state index < -0.39 is 10.0 Å². The molecule has 1 rings (SSSR count). The molecule has 0 spiro atoms. The lowest BCUT2D eigenvalue weighted by atomic mass is 10.00. The second-order valence-corrected chi connectivity index (χ2v) is 8.29. The maximum Gasteiger partial charge on any atom is 0.228 e. The number of amides is 1. The molecule has 1 saturated heterocycles. The van der Waals surface area contributed by atoms with Gasteiger partial charge in [-0.05, 0) is 11.8 Å². The summed E-state index contributed by atoms with van der Waals surface area (Å²) in [6, 6.07) is 0. The van der Waals surface area contributed by atoms with E-state index in [0.717, 1.165) is 13.1 Å². The third kappa shape index (κ3) is 4.76. The SMILES string of the molecule is CC(C)CN(CC(C)C)C(=O)C1CN(S(C)(=O)=O)C1. The van der Waals surface area contributed by atoms with Crippen LogP contribution in [0.25, 0.3) is 0 Å². The third-order valence-electron chi connectivity index (χ3n) is 3.15. The largest absolute Gasteiger partial charge is 0.342 e. The first-order valence-corrected chi connectivity index (χ1v) is 8.70. The Morgan fingerprint density at radius 1 is 1.16 bits per heavy atom. The van der Waals surface area contributed by atoms with Crippen molar-refractivity contribution in [1.82, 2.24) is 9.21 Å². The lowest BCUT2D eigenvalue weighted by Gasteiger charge is -2.39. The Hall–Kier alpha value is -0.620. The summed E-state index contributed by atoms with van der Waals surface area (Å²) >= 11 is 0. The number of carbonyl (C=O) groups excluding carboxylic acids is 1. The highest BCUT2D eigenvalue weighted by molar-refractivity contribution is 7.88. The minimum atomic E-state index is -3.14. The van der Waals surface area contributed by atoms with Crippen LogP contribution < -0.4 is 0 Å². The van der Waals surface area contributed by atoms with Gasteiger partial charge in [0.25, 0.3) is 0 Å². The van der Waals surface area contributed by atoms with E-state index in [2.05, 4.69) is 27.7 Å². The van der Waals surface area contributed by atoms with Crippen LogP contribution in [0.15, 0.2) is 0 Å². The number of carbonyl (C=O) groups is 1. The first-order chi connectivity index (χ1) is 8.61. The fourth-order valence-electron chi connectivity index (χ4n) is 2.26. The minimum Gasteiger partial charge on any atom is -0.342 e. The van der Waals surface area contributed by atoms with Crippen molar-refractivity contribution in [1.29, 1.82) is 0 Å². The Morgan fingerprint density at radius 2 is 1.58 bits per heavy atom. The molecule has 0 unspecified atom stereocenters. The van der Waals surface area contributed by atoms with E-state index in [9.17, 15) is 13.2 Å². The topological polar surface area (TPSA) is 57.7 Å². The summed E-state index contributed by atoms with van der Waals surface area (Å²) in [6.07, 6.45) is 1.19. The molecule has 5 nitrogen and oxygen atoms in total. The van der Waals surface area contributed by atoms with Crippen molar-refractivity contribution in [2.24, 2.45) is 17.8 Å². The van der Waals surface area contributed by atoms with Gasteiger partial charge < -0.3 is 4.90 Å². The number of sulfonamides is 1. The lowest BCUT2D eigenvalue weighted by molar-refractivity contribution is -0.140. The second-order valence-electron chi connectivity index (χ2n) is 6.31. The van der Waals surface area contributed by atoms with Crippen LogP contribution in [0.2, 0.25) is 0 Å². The van der Waals surface area contributed by atoms with E-state index in [1.54, 1.807) is 0 Å². The standard InChI is InChI=1S/C13H26N2O3S/c1-10(2)6-14(7-11(3)4)13(16)12-8-15(9-12)19(5,17)18/h10-12H,6-9H2,1-5H3. The molecule has 0 N–H and O–H groups in total. The fraction of sp³-hybridized carbons (Fsp3) is 0.923. The molecule has 112 valence electrons. The van der Waals surface area contributed by atoms with Gasteiger partial charge in [-0.15, -0.1) is 0 Å². The summed E-state index contributed by atoms with van der Waals surface area (Å²) in [6.45, 7) is 10.5. The lowest BCUT2D eigenvalue weighted by Crippen LogP contribution is -2.56. The summed E-state index contributed by atoms with van der Waals surface area (Å²) in [4.78, 5) is 14.3. The average Bonchev–Trinajstić information content (AvgIpc) is 2.09. The van der Waals surface area contributed by atoms with Crippen LogP contribution in [0.1, 0.15) is 27.7 Å². The van der Waals surface area contributed by atoms with Gasteiger partial charge >= 0.3 is 0 Å². The van der Waals surface area contributed by atoms with E-state index in [-0.39, 0.29) is 11.8 Å². The maximum atomic E-state index is 12.4. The van der Waals surface area contributed by atoms with Crippen LogP contribution in [0, 0.1) is 17.8 Å². The van der Waals surface area contributed by atoms with Crippen molar-refractivity contribution >= 4 is 15.9 Å². The molecule has 0 aromatic heterocycles. The first-order valence-electron chi connectivity index (χ1n) is 6.85. The molecular formula is C13H26N2O3S. The Morgan fingerprint density at radius 3 is 1.89 bits per heavy atom. The van der Waals surface area contributed by atoms with Crippen LogP contribution in [0.5, 0.6) is 0 Å². The van der Waals surface area contributed by atoms with Gasteiger partial charge in [0.15, 0.2) is 0 Å². The molecule has 19 heavy (non-hydrogen) atoms. The summed E-state index contributed by atoms with van der Waals surface area (Å²) in [7, 11) is -3.14. The van der Waals surface area contributed by atoms with E-state index in [0.29, 0.717) is 24.9 Å². The predicted octanol–water partition coefficient (Wildman–Crippen LogP) is 1.02. The molecule has 0 radical (unpaired) electrons. The van der Waals surface area contributed by atoms with Gasteiger partial charge in [-0.1, -0.05) is 27.7 Å². The van der Waals surface area contributed by atoms with Gasteiger partial charge in [0, 0.05) is 26.2 Å². The molecular weight excluding hydrogens is 264 g/mol. The number of rotatable bonds is 6. The highest BCUT2D eigenvalue weighted by Gasteiger charge is 2.39. The van der Waals surface area contributed by atoms with E-state index >= 15 is 0 Å². The number of hydrogen-bond acceptors (Lipinski definition) is 3. The Labute approximate surface area is 117 Å². The molecule has 1 amide bonds. The van der Waals surface area contributed by atoms with Crippen LogP contribution in [0.4, 0.5) is 0 Å². The molecule has 0 atom stereocenters. The van der Waals surface area contributed by atoms with Gasteiger partial charge in [-0.2, -0.15) is 0 Å². The Bertz CT molecular complexity index is 402. The molecule has 0 aromatic carbocycles. The molecule has 0 bridgehead atoms. The molecule has 1 heterocycles. The highest BCUT2D eigenvalue weighted by atomic mass is 32.2. The van der Waals surface area contributed by atoms with Crippen molar-refractivity contribution in [3.8, 4) is 0 Å². The van der Waals surface area contributed by atoms with Crippen LogP contribution in [0.3, 0.4) is 0 Å². The van der Waals surface area contributed by atoms with E-state index in [4.69, 9.17) is 0 Å². The fourth-order valence-corrected chi connectivity index (χ4v) is 3.16. The summed E-state index contributed by atoms with van der Waals surface area (Å²) < 4.78 is 24.0. The van der Waals surface area contributed by atoms with Crippen molar-refractivity contribution < 1.29 is 13.2 Å². The van der Waals surface area contributed by atoms with Crippen molar-refractivity contribution in [2.75, 3.05) is 32.4 Å². The molecule has 6 heteroatoms. The van der Waals surface area contributed by atoms with Crippen LogP contribution in [-0.4, -0.2) is 56.0 Å². The molecule has 1 aliphatic rings. The van der Waals surface area contributed by atoms with Crippen molar-refractivity contribution in [3.05, 3.63) is 0 Å². The van der Waals surface area contributed by atoms with Gasteiger partial charge in [-0.25, -0.2) is 12.7 Å². The molecule has 0 saturated carbocycles. The van der Waals surface area contributed by atoms with Crippen LogP contribution in [-0.2, 0) is 14.8 Å². The molecule has 0 aliphatic carbocycles. The monoisotopic (exact) mass is 290 g/mol. The number of hydrogen-bond donors (Lipinski definition) is 0. The highest BCUT2D eigenvalue weighted by Crippen LogP contribution is 2.22.